The van der Waals surface area contributed by atoms with E-state index >= 15 is 0 Å². The van der Waals surface area contributed by atoms with Gasteiger partial charge in [0, 0.05) is 13.6 Å². The number of rotatable bonds is 3. The second-order valence-electron chi connectivity index (χ2n) is 4.27. The van der Waals surface area contributed by atoms with Crippen molar-refractivity contribution in [2.75, 3.05) is 24.2 Å². The van der Waals surface area contributed by atoms with Crippen LogP contribution in [0.2, 0.25) is 5.02 Å². The fraction of sp³-hybridized carbons (Fsp3) is 0.600. The lowest BCUT2D eigenvalue weighted by Gasteiger charge is -2.34. The van der Waals surface area contributed by atoms with Crippen molar-refractivity contribution in [1.82, 2.24) is 9.97 Å². The highest BCUT2D eigenvalue weighted by atomic mass is 35.5. The van der Waals surface area contributed by atoms with Gasteiger partial charge in [-0.2, -0.15) is 0 Å². The maximum absolute atomic E-state index is 9.21. The molecule has 0 amide bonds. The zero-order chi connectivity index (χ0) is 11.7. The Labute approximate surface area is 99.3 Å². The predicted molar refractivity (Wildman–Crippen MR) is 63.5 cm³/mol. The van der Waals surface area contributed by atoms with Gasteiger partial charge in [-0.15, -0.1) is 0 Å². The molecule has 0 unspecified atom stereocenters. The first kappa shape index (κ1) is 11.4. The molecular formula is C10H15ClN4O. The zero-order valence-corrected chi connectivity index (χ0v) is 9.85. The van der Waals surface area contributed by atoms with Crippen molar-refractivity contribution >= 4 is 23.2 Å². The van der Waals surface area contributed by atoms with Gasteiger partial charge in [0.1, 0.15) is 17.2 Å². The summed E-state index contributed by atoms with van der Waals surface area (Å²) in [6, 6.07) is 0. The van der Waals surface area contributed by atoms with Crippen molar-refractivity contribution in [1.29, 1.82) is 0 Å². The van der Waals surface area contributed by atoms with Crippen LogP contribution in [0.15, 0.2) is 6.33 Å². The Kier molecular flexibility index (Phi) is 3.16. The van der Waals surface area contributed by atoms with Crippen LogP contribution in [0.1, 0.15) is 12.8 Å². The molecule has 2 rings (SSSR count). The van der Waals surface area contributed by atoms with Crippen molar-refractivity contribution in [3.63, 3.8) is 0 Å². The van der Waals surface area contributed by atoms with Gasteiger partial charge < -0.3 is 15.7 Å². The molecule has 0 aromatic carbocycles. The van der Waals surface area contributed by atoms with E-state index < -0.39 is 0 Å². The maximum Gasteiger partial charge on any atom is 0.152 e. The zero-order valence-electron chi connectivity index (χ0n) is 9.10. The van der Waals surface area contributed by atoms with Crippen molar-refractivity contribution in [3.8, 4) is 0 Å². The van der Waals surface area contributed by atoms with Gasteiger partial charge in [-0.25, -0.2) is 9.97 Å². The van der Waals surface area contributed by atoms with E-state index in [9.17, 15) is 5.11 Å². The molecule has 5 nitrogen and oxygen atoms in total. The van der Waals surface area contributed by atoms with E-state index in [-0.39, 0.29) is 6.10 Å². The van der Waals surface area contributed by atoms with Gasteiger partial charge >= 0.3 is 0 Å². The van der Waals surface area contributed by atoms with Gasteiger partial charge in [0.25, 0.3) is 0 Å². The molecule has 1 heterocycles. The monoisotopic (exact) mass is 242 g/mol. The predicted octanol–water partition coefficient (Wildman–Crippen LogP) is 0.919. The molecule has 0 spiro atoms. The number of halogens is 1. The van der Waals surface area contributed by atoms with E-state index in [1.165, 1.54) is 6.33 Å². The number of nitrogens with two attached hydrogens (primary N) is 1. The third-order valence-electron chi connectivity index (χ3n) is 2.90. The van der Waals surface area contributed by atoms with Crippen molar-refractivity contribution in [2.45, 2.75) is 18.9 Å². The Morgan fingerprint density at radius 1 is 1.56 bits per heavy atom. The molecular weight excluding hydrogens is 228 g/mol. The normalized spacial score (nSPS) is 23.9. The van der Waals surface area contributed by atoms with E-state index in [1.54, 1.807) is 0 Å². The number of hydrogen-bond acceptors (Lipinski definition) is 5. The first-order valence-corrected chi connectivity index (χ1v) is 5.61. The average molecular weight is 243 g/mol. The highest BCUT2D eigenvalue weighted by molar-refractivity contribution is 6.35. The molecule has 1 aliphatic carbocycles. The second kappa shape index (κ2) is 4.43. The van der Waals surface area contributed by atoms with Crippen LogP contribution in [0.5, 0.6) is 0 Å². The Balaban J connectivity index is 2.03. The number of aliphatic hydroxyl groups is 1. The first-order chi connectivity index (χ1) is 7.58. The molecule has 0 bridgehead atoms. The topological polar surface area (TPSA) is 75.3 Å². The van der Waals surface area contributed by atoms with Crippen LogP contribution < -0.4 is 10.6 Å². The highest BCUT2D eigenvalue weighted by Gasteiger charge is 2.28. The van der Waals surface area contributed by atoms with Gasteiger partial charge in [-0.3, -0.25) is 0 Å². The summed E-state index contributed by atoms with van der Waals surface area (Å²) in [4.78, 5) is 9.88. The van der Waals surface area contributed by atoms with Crippen LogP contribution in [-0.4, -0.2) is 34.8 Å². The molecule has 0 atom stereocenters. The summed E-state index contributed by atoms with van der Waals surface area (Å²) in [6.45, 7) is 0.827. The SMILES string of the molecule is CN(CC1CC(O)C1)c1ncnc(N)c1Cl. The number of hydrogen-bond donors (Lipinski definition) is 2. The summed E-state index contributed by atoms with van der Waals surface area (Å²) in [6.07, 6.45) is 2.97. The van der Waals surface area contributed by atoms with E-state index in [4.69, 9.17) is 17.3 Å². The Bertz CT molecular complexity index is 381. The third kappa shape index (κ3) is 2.20. The number of anilines is 2. The third-order valence-corrected chi connectivity index (χ3v) is 3.27. The molecule has 1 fully saturated rings. The van der Waals surface area contributed by atoms with Crippen molar-refractivity contribution < 1.29 is 5.11 Å². The molecule has 6 heteroatoms. The summed E-state index contributed by atoms with van der Waals surface area (Å²) < 4.78 is 0. The van der Waals surface area contributed by atoms with E-state index in [0.29, 0.717) is 22.6 Å². The summed E-state index contributed by atoms with van der Waals surface area (Å²) in [5, 5.41) is 9.60. The minimum atomic E-state index is -0.135. The molecule has 88 valence electrons. The smallest absolute Gasteiger partial charge is 0.152 e. The second-order valence-corrected chi connectivity index (χ2v) is 4.65. The largest absolute Gasteiger partial charge is 0.393 e. The van der Waals surface area contributed by atoms with Crippen LogP contribution in [0.4, 0.5) is 11.6 Å². The lowest BCUT2D eigenvalue weighted by atomic mass is 9.82. The molecule has 1 aromatic heterocycles. The maximum atomic E-state index is 9.21. The van der Waals surface area contributed by atoms with Crippen molar-refractivity contribution in [3.05, 3.63) is 11.3 Å². The molecule has 1 saturated carbocycles. The summed E-state index contributed by atoms with van der Waals surface area (Å²) in [7, 11) is 1.92. The quantitative estimate of drug-likeness (QED) is 0.825. The van der Waals surface area contributed by atoms with Gasteiger partial charge in [0.2, 0.25) is 0 Å². The summed E-state index contributed by atoms with van der Waals surface area (Å²) in [5.74, 6) is 1.45. The minimum absolute atomic E-state index is 0.135. The van der Waals surface area contributed by atoms with Gasteiger partial charge in [-0.1, -0.05) is 11.6 Å². The minimum Gasteiger partial charge on any atom is -0.393 e. The van der Waals surface area contributed by atoms with E-state index in [2.05, 4.69) is 9.97 Å². The highest BCUT2D eigenvalue weighted by Crippen LogP contribution is 2.31. The lowest BCUT2D eigenvalue weighted by Crippen LogP contribution is -2.37. The lowest BCUT2D eigenvalue weighted by molar-refractivity contribution is 0.0464. The standard InChI is InChI=1S/C10H15ClN4O/c1-15(4-6-2-7(16)3-6)10-8(11)9(12)13-5-14-10/h5-7,16H,2-4H2,1H3,(H2,12,13,14). The number of nitrogen functional groups attached to an aromatic ring is 1. The Morgan fingerprint density at radius 2 is 2.25 bits per heavy atom. The fourth-order valence-corrected chi connectivity index (χ4v) is 2.20. The molecule has 0 aliphatic heterocycles. The fourth-order valence-electron chi connectivity index (χ4n) is 1.96. The molecule has 0 saturated heterocycles. The molecule has 1 aromatic rings. The van der Waals surface area contributed by atoms with E-state index in [0.717, 1.165) is 19.4 Å². The van der Waals surface area contributed by atoms with Gasteiger partial charge in [-0.05, 0) is 18.8 Å². The number of aromatic nitrogens is 2. The van der Waals surface area contributed by atoms with E-state index in [1.807, 2.05) is 11.9 Å². The van der Waals surface area contributed by atoms with Crippen LogP contribution in [0.3, 0.4) is 0 Å². The average Bonchev–Trinajstić information content (AvgIpc) is 2.19. The first-order valence-electron chi connectivity index (χ1n) is 5.23. The molecule has 3 N–H and O–H groups in total. The Morgan fingerprint density at radius 3 is 2.88 bits per heavy atom. The molecule has 16 heavy (non-hydrogen) atoms. The van der Waals surface area contributed by atoms with Crippen LogP contribution in [-0.2, 0) is 0 Å². The van der Waals surface area contributed by atoms with Crippen molar-refractivity contribution in [2.24, 2.45) is 5.92 Å². The number of nitrogens with zero attached hydrogens (tertiary/aromatic N) is 3. The Hall–Kier alpha value is -1.07. The van der Waals surface area contributed by atoms with Gasteiger partial charge in [0.05, 0.1) is 6.10 Å². The van der Waals surface area contributed by atoms with Crippen LogP contribution in [0, 0.1) is 5.92 Å². The van der Waals surface area contributed by atoms with Gasteiger partial charge in [0.15, 0.2) is 5.82 Å². The summed E-state index contributed by atoms with van der Waals surface area (Å²) in [5.41, 5.74) is 5.61. The number of aliphatic hydroxyl groups excluding tert-OH is 1. The molecule has 0 radical (unpaired) electrons. The molecule has 1 aliphatic rings. The van der Waals surface area contributed by atoms with Crippen LogP contribution in [0.25, 0.3) is 0 Å². The summed E-state index contributed by atoms with van der Waals surface area (Å²) >= 11 is 6.02. The van der Waals surface area contributed by atoms with Crippen LogP contribution >= 0.6 is 11.6 Å².